The smallest absolute Gasteiger partial charge is 0.659 e. The van der Waals surface area contributed by atoms with Gasteiger partial charge >= 0.3 is 28.5 Å². The van der Waals surface area contributed by atoms with Crippen LogP contribution in [0, 0.1) is 0 Å². The summed E-state index contributed by atoms with van der Waals surface area (Å²) in [6, 6.07) is 21.3. The van der Waals surface area contributed by atoms with Crippen LogP contribution in [0.5, 0.6) is 0 Å². The first-order chi connectivity index (χ1) is 16.0. The van der Waals surface area contributed by atoms with E-state index >= 15 is 0 Å². The van der Waals surface area contributed by atoms with E-state index in [2.05, 4.69) is 60.8 Å². The summed E-state index contributed by atoms with van der Waals surface area (Å²) in [6.45, 7) is 5.67. The van der Waals surface area contributed by atoms with Crippen molar-refractivity contribution in [3.63, 3.8) is 0 Å². The number of rotatable bonds is 10. The van der Waals surface area contributed by atoms with Crippen molar-refractivity contribution < 1.29 is 31.9 Å². The van der Waals surface area contributed by atoms with Gasteiger partial charge in [0.15, 0.2) is 0 Å². The Bertz CT molecular complexity index is 857. The topological polar surface area (TPSA) is 55.7 Å². The summed E-state index contributed by atoms with van der Waals surface area (Å²) >= 11 is 0. The summed E-state index contributed by atoms with van der Waals surface area (Å²) in [6.07, 6.45) is 5.43. The minimum Gasteiger partial charge on any atom is -0.659 e. The Morgan fingerprint density at radius 3 is 2.21 bits per heavy atom. The number of hydrogen-bond donors (Lipinski definition) is 1. The molecular weight excluding hydrogens is 518 g/mol. The number of nitrogens with zero attached hydrogens (tertiary/aromatic N) is 2. The number of benzene rings is 2. The predicted molar refractivity (Wildman–Crippen MR) is 136 cm³/mol. The molecule has 0 radical (unpaired) electrons. The van der Waals surface area contributed by atoms with Crippen LogP contribution in [0.1, 0.15) is 50.7 Å². The van der Waals surface area contributed by atoms with E-state index in [1.807, 2.05) is 49.4 Å². The van der Waals surface area contributed by atoms with Crippen molar-refractivity contribution >= 4 is 6.09 Å². The summed E-state index contributed by atoms with van der Waals surface area (Å²) in [5.74, 6) is 0.650. The van der Waals surface area contributed by atoms with E-state index in [0.29, 0.717) is 18.3 Å². The fraction of sp³-hybridized carbons (Fsp3) is 0.464. The van der Waals surface area contributed by atoms with Gasteiger partial charge in [-0.2, -0.15) is 0 Å². The van der Waals surface area contributed by atoms with E-state index in [-0.39, 0.29) is 28.4 Å². The van der Waals surface area contributed by atoms with Gasteiger partial charge in [0, 0.05) is 12.6 Å². The van der Waals surface area contributed by atoms with E-state index in [4.69, 9.17) is 4.74 Å². The summed E-state index contributed by atoms with van der Waals surface area (Å²) < 4.78 is 6.08. The van der Waals surface area contributed by atoms with Gasteiger partial charge in [0.05, 0.1) is 5.41 Å². The molecule has 5 nitrogen and oxygen atoms in total. The fourth-order valence-electron chi connectivity index (χ4n) is 4.66. The molecule has 1 aliphatic rings. The molecule has 1 N–H and O–H groups in total. The maximum absolute atomic E-state index is 12.9. The van der Waals surface area contributed by atoms with Crippen LogP contribution in [0.4, 0.5) is 4.79 Å². The van der Waals surface area contributed by atoms with Crippen LogP contribution in [-0.4, -0.2) is 50.3 Å². The molecule has 1 aliphatic heterocycles. The molecule has 1 amide bonds. The molecule has 0 aromatic heterocycles. The maximum Gasteiger partial charge on any atom is 1.00 e. The monoisotopic (exact) mass is 555 g/mol. The van der Waals surface area contributed by atoms with Gasteiger partial charge in [-0.3, -0.25) is 0 Å². The van der Waals surface area contributed by atoms with Crippen LogP contribution in [-0.2, 0) is 32.5 Å². The quantitative estimate of drug-likeness (QED) is 0.295. The normalized spacial score (nSPS) is 17.2. The number of hydrogen-bond acceptors (Lipinski definition) is 3. The fourth-order valence-corrected chi connectivity index (χ4v) is 4.66. The van der Waals surface area contributed by atoms with E-state index in [9.17, 15) is 4.79 Å². The number of nitrogens with one attached hydrogen (secondary N) is 1. The van der Waals surface area contributed by atoms with E-state index < -0.39 is 11.5 Å². The number of alkyl carbamates (subject to hydrolysis) is 1. The van der Waals surface area contributed by atoms with E-state index in [0.717, 1.165) is 43.4 Å². The average Bonchev–Trinajstić information content (AvgIpc) is 3.35. The molecule has 1 saturated heterocycles. The molecule has 3 rings (SSSR count). The molecule has 0 saturated carbocycles. The predicted octanol–water partition coefficient (Wildman–Crippen LogP) is 5.87. The molecule has 34 heavy (non-hydrogen) atoms. The third-order valence-corrected chi connectivity index (χ3v) is 6.73. The number of ether oxygens (including phenoxy) is 1. The van der Waals surface area contributed by atoms with Crippen LogP contribution in [0.25, 0.3) is 5.32 Å². The summed E-state index contributed by atoms with van der Waals surface area (Å²) in [5, 5.41) is 7.52. The van der Waals surface area contributed by atoms with Gasteiger partial charge in [0.25, 0.3) is 0 Å². The van der Waals surface area contributed by atoms with Crippen molar-refractivity contribution in [2.24, 2.45) is 0 Å². The third-order valence-electron chi connectivity index (χ3n) is 6.73. The van der Waals surface area contributed by atoms with Gasteiger partial charge in [-0.1, -0.05) is 79.9 Å². The van der Waals surface area contributed by atoms with Crippen LogP contribution >= 0.6 is 0 Å². The van der Waals surface area contributed by atoms with Crippen molar-refractivity contribution in [3.8, 4) is 0 Å². The molecule has 0 aliphatic carbocycles. The minimum absolute atomic E-state index is 0. The number of carbonyl (C=O) groups excluding carboxylic acids is 1. The molecule has 1 fully saturated rings. The Morgan fingerprint density at radius 2 is 1.74 bits per heavy atom. The van der Waals surface area contributed by atoms with Crippen molar-refractivity contribution in [2.45, 2.75) is 57.0 Å². The van der Waals surface area contributed by atoms with Crippen LogP contribution < -0.4 is 5.32 Å². The van der Waals surface area contributed by atoms with E-state index in [1.54, 1.807) is 0 Å². The maximum atomic E-state index is 12.9. The Morgan fingerprint density at radius 1 is 1.15 bits per heavy atom. The van der Waals surface area contributed by atoms with Crippen molar-refractivity contribution in [1.29, 1.82) is 0 Å². The van der Waals surface area contributed by atoms with Gasteiger partial charge in [-0.25, -0.2) is 4.79 Å². The van der Waals surface area contributed by atoms with Crippen LogP contribution in [0.2, 0.25) is 0 Å². The van der Waals surface area contributed by atoms with Gasteiger partial charge in [0.2, 0.25) is 0 Å². The molecule has 6 heteroatoms. The first-order valence-corrected chi connectivity index (χ1v) is 12.0. The zero-order chi connectivity index (χ0) is 23.7. The second-order valence-corrected chi connectivity index (χ2v) is 9.11. The van der Waals surface area contributed by atoms with Gasteiger partial charge in [-0.05, 0) is 51.6 Å². The van der Waals surface area contributed by atoms with Crippen LogP contribution in [0.3, 0.4) is 0 Å². The SMILES string of the molecule is C/C=C(\OC(=O)NCCC1CCC[N-]1)C(CC(C)N(C)C)(c1ccccc1)c1ccccc1.[Ag+]. The molecule has 0 spiro atoms. The average molecular weight is 556 g/mol. The van der Waals surface area contributed by atoms with Gasteiger partial charge < -0.3 is 20.3 Å². The Balaban J connectivity index is 0.00000408. The summed E-state index contributed by atoms with van der Waals surface area (Å²) in [7, 11) is 4.17. The van der Waals surface area contributed by atoms with Gasteiger partial charge in [-0.15, -0.1) is 12.6 Å². The second-order valence-electron chi connectivity index (χ2n) is 9.11. The Kier molecular flexibility index (Phi) is 11.6. The Hall–Kier alpha value is -1.89. The van der Waals surface area contributed by atoms with E-state index in [1.165, 1.54) is 0 Å². The van der Waals surface area contributed by atoms with Gasteiger partial charge in [0.1, 0.15) is 5.76 Å². The second kappa shape index (κ2) is 13.9. The Labute approximate surface area is 220 Å². The van der Waals surface area contributed by atoms with Crippen LogP contribution in [0.15, 0.2) is 72.5 Å². The first kappa shape index (κ1) is 28.3. The molecular formula is C28H38AgN3O2. The van der Waals surface area contributed by atoms with Crippen molar-refractivity contribution in [3.05, 3.63) is 88.9 Å². The standard InChI is InChI=1S/C28H38N3O2.Ag/c1-5-26(33-27(32)30-20-18-25-17-12-19-29-25)28(21-22(2)31(3)4,23-13-8-6-9-14-23)24-15-10-7-11-16-24;/h5-11,13-16,22,25H,12,17-21H2,1-4H3,(H,30,32);/q-1;+1/b26-5-;. The molecule has 188 valence electrons. The first-order valence-electron chi connectivity index (χ1n) is 12.0. The molecule has 0 bridgehead atoms. The van der Waals surface area contributed by atoms with Crippen molar-refractivity contribution in [1.82, 2.24) is 10.2 Å². The number of allylic oxidation sites excluding steroid dienone is 2. The minimum atomic E-state index is -0.598. The molecule has 2 unspecified atom stereocenters. The summed E-state index contributed by atoms with van der Waals surface area (Å²) in [4.78, 5) is 15.1. The third kappa shape index (κ3) is 7.06. The number of amides is 1. The largest absolute Gasteiger partial charge is 1.00 e. The zero-order valence-corrected chi connectivity index (χ0v) is 22.2. The summed E-state index contributed by atoms with van der Waals surface area (Å²) in [5.41, 5.74) is 1.62. The number of carbonyl (C=O) groups is 1. The molecule has 2 atom stereocenters. The van der Waals surface area contributed by atoms with Crippen molar-refractivity contribution in [2.75, 3.05) is 27.2 Å². The molecule has 2 aromatic rings. The molecule has 2 aromatic carbocycles. The molecule has 1 heterocycles. The zero-order valence-electron chi connectivity index (χ0n) is 20.8.